The number of aromatic nitrogens is 2. The smallest absolute Gasteiger partial charge is 0.276 e. The summed E-state index contributed by atoms with van der Waals surface area (Å²) < 4.78 is 0. The van der Waals surface area contributed by atoms with E-state index in [0.717, 1.165) is 12.8 Å². The van der Waals surface area contributed by atoms with E-state index in [9.17, 15) is 9.90 Å². The molecule has 0 radical (unpaired) electrons. The van der Waals surface area contributed by atoms with Crippen molar-refractivity contribution in [2.75, 3.05) is 24.2 Å². The summed E-state index contributed by atoms with van der Waals surface area (Å²) in [6, 6.07) is 0. The minimum atomic E-state index is -0.356. The number of nitrogens with zero attached hydrogens (tertiary/aromatic N) is 1. The monoisotopic (exact) mass is 240 g/mol. The maximum Gasteiger partial charge on any atom is 0.276 e. The summed E-state index contributed by atoms with van der Waals surface area (Å²) in [7, 11) is 0. The highest BCUT2D eigenvalue weighted by Gasteiger charge is 2.25. The second-order valence-electron chi connectivity index (χ2n) is 4.21. The average Bonchev–Trinajstić information content (AvgIpc) is 2.36. The third kappa shape index (κ3) is 2.97. The van der Waals surface area contributed by atoms with E-state index in [1.54, 1.807) is 0 Å². The Morgan fingerprint density at radius 3 is 2.71 bits per heavy atom. The summed E-state index contributed by atoms with van der Waals surface area (Å²) >= 11 is 0. The molecule has 0 amide bonds. The van der Waals surface area contributed by atoms with Gasteiger partial charge in [0.25, 0.3) is 5.56 Å². The van der Waals surface area contributed by atoms with Crippen LogP contribution in [0.4, 0.5) is 11.5 Å². The van der Waals surface area contributed by atoms with Gasteiger partial charge in [0.15, 0.2) is 5.82 Å². The molecule has 6 nitrogen and oxygen atoms in total. The van der Waals surface area contributed by atoms with Gasteiger partial charge >= 0.3 is 0 Å². The van der Waals surface area contributed by atoms with Crippen LogP contribution in [0.1, 0.15) is 26.7 Å². The Morgan fingerprint density at radius 1 is 1.53 bits per heavy atom. The molecule has 0 aliphatic carbocycles. The number of nitrogens with one attached hydrogen (secondary N) is 2. The van der Waals surface area contributed by atoms with Crippen molar-refractivity contribution in [3.63, 3.8) is 0 Å². The molecular formula is C11H20N4O2. The van der Waals surface area contributed by atoms with Crippen molar-refractivity contribution in [3.05, 3.63) is 16.7 Å². The molecule has 0 aliphatic heterocycles. The molecule has 0 bridgehead atoms. The van der Waals surface area contributed by atoms with E-state index < -0.39 is 0 Å². The van der Waals surface area contributed by atoms with Gasteiger partial charge in [0.05, 0.1) is 12.9 Å². The Kier molecular flexibility index (Phi) is 4.51. The lowest BCUT2D eigenvalue weighted by Gasteiger charge is -2.29. The number of hydrogen-bond acceptors (Lipinski definition) is 5. The number of anilines is 2. The first kappa shape index (κ1) is 13.5. The van der Waals surface area contributed by atoms with E-state index in [-0.39, 0.29) is 23.3 Å². The van der Waals surface area contributed by atoms with Crippen LogP contribution in [0.3, 0.4) is 0 Å². The quantitative estimate of drug-likeness (QED) is 0.581. The lowest BCUT2D eigenvalue weighted by atomic mass is 9.83. The molecule has 0 saturated carbocycles. The van der Waals surface area contributed by atoms with E-state index in [0.29, 0.717) is 12.4 Å². The summed E-state index contributed by atoms with van der Waals surface area (Å²) in [5, 5.41) is 12.5. The topological polar surface area (TPSA) is 104 Å². The molecule has 0 spiro atoms. The van der Waals surface area contributed by atoms with Crippen LogP contribution in [0.15, 0.2) is 11.1 Å². The van der Waals surface area contributed by atoms with Gasteiger partial charge in [-0.25, -0.2) is 4.98 Å². The number of aliphatic hydroxyl groups excluding tert-OH is 1. The second kappa shape index (κ2) is 5.67. The number of aromatic amines is 1. The van der Waals surface area contributed by atoms with Crippen LogP contribution in [0.2, 0.25) is 0 Å². The van der Waals surface area contributed by atoms with Crippen LogP contribution < -0.4 is 16.6 Å². The Morgan fingerprint density at radius 2 is 2.18 bits per heavy atom. The summed E-state index contributed by atoms with van der Waals surface area (Å²) in [6.07, 6.45) is 2.99. The Labute approximate surface area is 100 Å². The van der Waals surface area contributed by atoms with E-state index in [4.69, 9.17) is 5.73 Å². The molecule has 1 heterocycles. The summed E-state index contributed by atoms with van der Waals surface area (Å²) in [5.74, 6) is 0.369. The van der Waals surface area contributed by atoms with Crippen molar-refractivity contribution >= 4 is 11.5 Å². The lowest BCUT2D eigenvalue weighted by molar-refractivity contribution is 0.127. The first-order valence-corrected chi connectivity index (χ1v) is 5.76. The largest absolute Gasteiger partial charge is 0.396 e. The molecule has 0 saturated heterocycles. The van der Waals surface area contributed by atoms with Gasteiger partial charge in [-0.1, -0.05) is 13.8 Å². The van der Waals surface area contributed by atoms with Crippen molar-refractivity contribution in [1.82, 2.24) is 9.97 Å². The minimum absolute atomic E-state index is 0.0755. The van der Waals surface area contributed by atoms with Gasteiger partial charge in [-0.2, -0.15) is 0 Å². The van der Waals surface area contributed by atoms with Crippen molar-refractivity contribution in [1.29, 1.82) is 0 Å². The van der Waals surface area contributed by atoms with Gasteiger partial charge in [-0.3, -0.25) is 4.79 Å². The number of hydrogen-bond donors (Lipinski definition) is 4. The summed E-state index contributed by atoms with van der Waals surface area (Å²) in [5.41, 5.74) is 5.13. The third-order valence-electron chi connectivity index (χ3n) is 3.36. The van der Waals surface area contributed by atoms with Crippen molar-refractivity contribution < 1.29 is 5.11 Å². The van der Waals surface area contributed by atoms with Crippen LogP contribution in [0.5, 0.6) is 0 Å². The predicted octanol–water partition coefficient (Wildman–Crippen LogP) is 0.563. The standard InChI is InChI=1S/C11H20N4O2/c1-3-11(4-2,6-16)5-13-9-8(12)10(17)15-7-14-9/h7,16H,3-6,12H2,1-2H3,(H2,13,14,15,17). The van der Waals surface area contributed by atoms with E-state index >= 15 is 0 Å². The zero-order chi connectivity index (χ0) is 12.9. The molecule has 0 atom stereocenters. The van der Waals surface area contributed by atoms with E-state index in [1.165, 1.54) is 6.33 Å². The molecule has 96 valence electrons. The fourth-order valence-corrected chi connectivity index (χ4v) is 1.60. The third-order valence-corrected chi connectivity index (χ3v) is 3.36. The predicted molar refractivity (Wildman–Crippen MR) is 67.9 cm³/mol. The van der Waals surface area contributed by atoms with Gasteiger partial charge in [-0.15, -0.1) is 0 Å². The molecule has 0 aliphatic rings. The van der Waals surface area contributed by atoms with E-state index in [2.05, 4.69) is 15.3 Å². The molecule has 1 aromatic heterocycles. The van der Waals surface area contributed by atoms with Gasteiger partial charge in [0.1, 0.15) is 5.69 Å². The van der Waals surface area contributed by atoms with Gasteiger partial charge < -0.3 is 21.1 Å². The van der Waals surface area contributed by atoms with Crippen LogP contribution in [-0.2, 0) is 0 Å². The number of H-pyrrole nitrogens is 1. The molecule has 0 fully saturated rings. The molecule has 1 aromatic rings. The van der Waals surface area contributed by atoms with Crippen molar-refractivity contribution in [2.45, 2.75) is 26.7 Å². The van der Waals surface area contributed by atoms with Crippen molar-refractivity contribution in [3.8, 4) is 0 Å². The highest BCUT2D eigenvalue weighted by molar-refractivity contribution is 5.58. The Bertz CT molecular complexity index is 404. The number of nitrogen functional groups attached to an aromatic ring is 1. The first-order valence-electron chi connectivity index (χ1n) is 5.76. The molecular weight excluding hydrogens is 220 g/mol. The number of rotatable bonds is 6. The molecule has 17 heavy (non-hydrogen) atoms. The molecule has 0 unspecified atom stereocenters. The maximum absolute atomic E-state index is 11.3. The SMILES string of the molecule is CCC(CC)(CO)CNc1nc[nH]c(=O)c1N. The van der Waals surface area contributed by atoms with Gasteiger partial charge in [0, 0.05) is 12.0 Å². The Hall–Kier alpha value is -1.56. The van der Waals surface area contributed by atoms with Crippen LogP contribution in [-0.4, -0.2) is 28.2 Å². The summed E-state index contributed by atoms with van der Waals surface area (Å²) in [6.45, 7) is 4.68. The normalized spacial score (nSPS) is 11.5. The van der Waals surface area contributed by atoms with Crippen LogP contribution in [0.25, 0.3) is 0 Å². The van der Waals surface area contributed by atoms with Gasteiger partial charge in [-0.05, 0) is 12.8 Å². The van der Waals surface area contributed by atoms with Crippen LogP contribution in [0, 0.1) is 5.41 Å². The second-order valence-corrected chi connectivity index (χ2v) is 4.21. The zero-order valence-corrected chi connectivity index (χ0v) is 10.3. The van der Waals surface area contributed by atoms with E-state index in [1.807, 2.05) is 13.8 Å². The molecule has 5 N–H and O–H groups in total. The fraction of sp³-hybridized carbons (Fsp3) is 0.636. The molecule has 0 aromatic carbocycles. The molecule has 6 heteroatoms. The average molecular weight is 240 g/mol. The van der Waals surface area contributed by atoms with Crippen LogP contribution >= 0.6 is 0 Å². The highest BCUT2D eigenvalue weighted by atomic mass is 16.3. The summed E-state index contributed by atoms with van der Waals surface area (Å²) in [4.78, 5) is 17.6. The lowest BCUT2D eigenvalue weighted by Crippen LogP contribution is -2.33. The highest BCUT2D eigenvalue weighted by Crippen LogP contribution is 2.26. The fourth-order valence-electron chi connectivity index (χ4n) is 1.60. The van der Waals surface area contributed by atoms with Crippen molar-refractivity contribution in [2.24, 2.45) is 5.41 Å². The minimum Gasteiger partial charge on any atom is -0.396 e. The number of nitrogens with two attached hydrogens (primary N) is 1. The first-order chi connectivity index (χ1) is 8.08. The number of aliphatic hydroxyl groups is 1. The molecule has 1 rings (SSSR count). The van der Waals surface area contributed by atoms with Gasteiger partial charge in [0.2, 0.25) is 0 Å². The maximum atomic E-state index is 11.3. The Balaban J connectivity index is 2.79. The zero-order valence-electron chi connectivity index (χ0n) is 10.3.